The number of amides is 1. The van der Waals surface area contributed by atoms with Crippen molar-refractivity contribution in [1.29, 1.82) is 0 Å². The van der Waals surface area contributed by atoms with Gasteiger partial charge < -0.3 is 20.1 Å². The van der Waals surface area contributed by atoms with Crippen LogP contribution in [0.5, 0.6) is 0 Å². The van der Waals surface area contributed by atoms with Crippen molar-refractivity contribution in [3.63, 3.8) is 0 Å². The number of carbonyl (C=O) groups excluding carboxylic acids is 1. The first-order chi connectivity index (χ1) is 9.19. The Bertz CT molecular complexity index is 297. The van der Waals surface area contributed by atoms with Crippen LogP contribution >= 0.6 is 0 Å². The van der Waals surface area contributed by atoms with Gasteiger partial charge in [-0.05, 0) is 44.4 Å². The van der Waals surface area contributed by atoms with E-state index in [1.165, 1.54) is 12.8 Å². The summed E-state index contributed by atoms with van der Waals surface area (Å²) in [4.78, 5) is 13.4. The molecule has 2 aliphatic rings. The van der Waals surface area contributed by atoms with E-state index in [4.69, 9.17) is 9.84 Å². The molecule has 2 rings (SSSR count). The first kappa shape index (κ1) is 14.6. The quantitative estimate of drug-likeness (QED) is 0.765. The zero-order chi connectivity index (χ0) is 13.7. The second-order valence-corrected chi connectivity index (χ2v) is 5.81. The number of nitrogens with one attached hydrogen (secondary N) is 1. The summed E-state index contributed by atoms with van der Waals surface area (Å²) in [5.74, 6) is 0. The van der Waals surface area contributed by atoms with E-state index >= 15 is 0 Å². The van der Waals surface area contributed by atoms with Crippen molar-refractivity contribution in [2.24, 2.45) is 5.41 Å². The summed E-state index contributed by atoms with van der Waals surface area (Å²) in [5, 5.41) is 12.7. The number of nitrogens with zero attached hydrogens (tertiary/aromatic N) is 1. The van der Waals surface area contributed by atoms with Crippen molar-refractivity contribution in [2.45, 2.75) is 45.1 Å². The molecule has 5 heteroatoms. The fraction of sp³-hybridized carbons (Fsp3) is 0.929. The molecule has 0 aromatic rings. The lowest BCUT2D eigenvalue weighted by atomic mass is 10.0. The molecule has 1 heterocycles. The summed E-state index contributed by atoms with van der Waals surface area (Å²) in [6, 6.07) is 0.502. The van der Waals surface area contributed by atoms with Crippen molar-refractivity contribution in [3.05, 3.63) is 0 Å². The summed E-state index contributed by atoms with van der Waals surface area (Å²) in [7, 11) is 0. The van der Waals surface area contributed by atoms with Gasteiger partial charge in [-0.25, -0.2) is 4.79 Å². The average molecular weight is 270 g/mol. The van der Waals surface area contributed by atoms with E-state index in [2.05, 4.69) is 5.32 Å². The van der Waals surface area contributed by atoms with Crippen molar-refractivity contribution in [3.8, 4) is 0 Å². The number of aliphatic hydroxyl groups is 1. The second kappa shape index (κ2) is 6.57. The fourth-order valence-electron chi connectivity index (χ4n) is 2.77. The molecule has 5 nitrogen and oxygen atoms in total. The molecule has 1 aliphatic heterocycles. The molecule has 1 amide bonds. The maximum absolute atomic E-state index is 11.6. The number of carbonyl (C=O) groups is 1. The molecule has 0 atom stereocenters. The Balaban J connectivity index is 1.65. The number of piperidine rings is 1. The molecule has 2 fully saturated rings. The highest BCUT2D eigenvalue weighted by Gasteiger charge is 2.41. The van der Waals surface area contributed by atoms with Gasteiger partial charge in [-0.15, -0.1) is 0 Å². The van der Waals surface area contributed by atoms with Crippen LogP contribution in [0.4, 0.5) is 4.79 Å². The van der Waals surface area contributed by atoms with Crippen LogP contribution < -0.4 is 5.32 Å². The van der Waals surface area contributed by atoms with Gasteiger partial charge in [0.05, 0.1) is 6.61 Å². The predicted molar refractivity (Wildman–Crippen MR) is 73.0 cm³/mol. The Kier molecular flexibility index (Phi) is 5.05. The Morgan fingerprint density at radius 1 is 1.42 bits per heavy atom. The van der Waals surface area contributed by atoms with Crippen LogP contribution in [0.15, 0.2) is 0 Å². The first-order valence-corrected chi connectivity index (χ1v) is 7.45. The first-order valence-electron chi connectivity index (χ1n) is 7.45. The van der Waals surface area contributed by atoms with Gasteiger partial charge in [-0.2, -0.15) is 0 Å². The highest BCUT2D eigenvalue weighted by Crippen LogP contribution is 2.48. The second-order valence-electron chi connectivity index (χ2n) is 5.81. The van der Waals surface area contributed by atoms with E-state index in [1.807, 2.05) is 6.92 Å². The molecule has 110 valence electrons. The maximum Gasteiger partial charge on any atom is 0.409 e. The molecule has 0 aromatic carbocycles. The monoisotopic (exact) mass is 270 g/mol. The predicted octanol–water partition coefficient (Wildman–Crippen LogP) is 1.36. The summed E-state index contributed by atoms with van der Waals surface area (Å²) >= 11 is 0. The lowest BCUT2D eigenvalue weighted by Crippen LogP contribution is -2.46. The fourth-order valence-corrected chi connectivity index (χ4v) is 2.77. The number of aliphatic hydroxyl groups excluding tert-OH is 1. The third kappa shape index (κ3) is 4.08. The van der Waals surface area contributed by atoms with Gasteiger partial charge in [0.15, 0.2) is 0 Å². The van der Waals surface area contributed by atoms with Crippen LogP contribution in [0.3, 0.4) is 0 Å². The van der Waals surface area contributed by atoms with Crippen molar-refractivity contribution in [2.75, 3.05) is 32.8 Å². The molecule has 0 spiro atoms. The van der Waals surface area contributed by atoms with E-state index in [1.54, 1.807) is 4.90 Å². The van der Waals surface area contributed by atoms with Gasteiger partial charge >= 0.3 is 6.09 Å². The van der Waals surface area contributed by atoms with Crippen LogP contribution in [0, 0.1) is 5.41 Å². The van der Waals surface area contributed by atoms with Crippen LogP contribution in [-0.4, -0.2) is 55.0 Å². The van der Waals surface area contributed by atoms with Crippen molar-refractivity contribution >= 4 is 6.09 Å². The Hall–Kier alpha value is -0.810. The Morgan fingerprint density at radius 2 is 2.11 bits per heavy atom. The minimum atomic E-state index is -0.181. The van der Waals surface area contributed by atoms with Crippen molar-refractivity contribution in [1.82, 2.24) is 10.2 Å². The van der Waals surface area contributed by atoms with Crippen molar-refractivity contribution < 1.29 is 14.6 Å². The molecule has 19 heavy (non-hydrogen) atoms. The summed E-state index contributed by atoms with van der Waals surface area (Å²) in [6.45, 7) is 5.15. The minimum Gasteiger partial charge on any atom is -0.450 e. The Labute approximate surface area is 115 Å². The lowest BCUT2D eigenvalue weighted by Gasteiger charge is -2.32. The summed E-state index contributed by atoms with van der Waals surface area (Å²) in [5.41, 5.74) is 0.368. The summed E-state index contributed by atoms with van der Waals surface area (Å²) < 4.78 is 5.01. The molecule has 1 saturated heterocycles. The van der Waals surface area contributed by atoms with Gasteiger partial charge in [-0.3, -0.25) is 0 Å². The van der Waals surface area contributed by atoms with Crippen LogP contribution in [0.1, 0.15) is 39.0 Å². The number of rotatable bonds is 6. The highest BCUT2D eigenvalue weighted by atomic mass is 16.6. The number of ether oxygens (including phenoxy) is 1. The van der Waals surface area contributed by atoms with Gasteiger partial charge in [0.25, 0.3) is 0 Å². The maximum atomic E-state index is 11.6. The third-order valence-corrected chi connectivity index (χ3v) is 4.39. The molecule has 0 aromatic heterocycles. The SMILES string of the molecule is CCOC(=O)N1CCC(NCC2(CCO)CC2)CC1. The smallest absolute Gasteiger partial charge is 0.409 e. The Morgan fingerprint density at radius 3 is 2.63 bits per heavy atom. The number of hydrogen-bond acceptors (Lipinski definition) is 4. The molecule has 0 unspecified atom stereocenters. The lowest BCUT2D eigenvalue weighted by molar-refractivity contribution is 0.0944. The molecule has 0 radical (unpaired) electrons. The van der Waals surface area contributed by atoms with E-state index in [0.29, 0.717) is 24.7 Å². The van der Waals surface area contributed by atoms with Gasteiger partial charge in [0.1, 0.15) is 0 Å². The molecule has 1 aliphatic carbocycles. The molecular formula is C14H26N2O3. The van der Waals surface area contributed by atoms with E-state index < -0.39 is 0 Å². The third-order valence-electron chi connectivity index (χ3n) is 4.39. The largest absolute Gasteiger partial charge is 0.450 e. The van der Waals surface area contributed by atoms with E-state index in [-0.39, 0.29) is 6.09 Å². The van der Waals surface area contributed by atoms with Gasteiger partial charge in [0, 0.05) is 32.3 Å². The zero-order valence-corrected chi connectivity index (χ0v) is 11.9. The van der Waals surface area contributed by atoms with Gasteiger partial charge in [-0.1, -0.05) is 0 Å². The van der Waals surface area contributed by atoms with Crippen LogP contribution in [0.25, 0.3) is 0 Å². The standard InChI is InChI=1S/C14H26N2O3/c1-2-19-13(18)16-8-3-12(4-9-16)15-11-14(5-6-14)7-10-17/h12,15,17H,2-11H2,1H3. The molecule has 1 saturated carbocycles. The normalized spacial score (nSPS) is 22.3. The topological polar surface area (TPSA) is 61.8 Å². The number of hydrogen-bond donors (Lipinski definition) is 2. The molecule has 2 N–H and O–H groups in total. The molecule has 0 bridgehead atoms. The minimum absolute atomic E-state index is 0.181. The summed E-state index contributed by atoms with van der Waals surface area (Å²) in [6.07, 6.45) is 5.20. The van der Waals surface area contributed by atoms with E-state index in [9.17, 15) is 4.79 Å². The average Bonchev–Trinajstić information content (AvgIpc) is 3.18. The number of likely N-dealkylation sites (tertiary alicyclic amines) is 1. The van der Waals surface area contributed by atoms with E-state index in [0.717, 1.165) is 38.9 Å². The van der Waals surface area contributed by atoms with Crippen LogP contribution in [-0.2, 0) is 4.74 Å². The van der Waals surface area contributed by atoms with Gasteiger partial charge in [0.2, 0.25) is 0 Å². The highest BCUT2D eigenvalue weighted by molar-refractivity contribution is 5.67. The van der Waals surface area contributed by atoms with Crippen LogP contribution in [0.2, 0.25) is 0 Å². The molecular weight excluding hydrogens is 244 g/mol. The zero-order valence-electron chi connectivity index (χ0n) is 11.9.